The summed E-state index contributed by atoms with van der Waals surface area (Å²) in [6, 6.07) is 3.84. The van der Waals surface area contributed by atoms with Gasteiger partial charge in [-0.25, -0.2) is 0 Å². The Kier molecular flexibility index (Phi) is 7.13. The van der Waals surface area contributed by atoms with Gasteiger partial charge in [-0.05, 0) is 37.2 Å². The third-order valence-corrected chi connectivity index (χ3v) is 3.30. The molecule has 1 rings (SSSR count). The van der Waals surface area contributed by atoms with Crippen molar-refractivity contribution in [3.8, 4) is 5.75 Å². The van der Waals surface area contributed by atoms with Crippen LogP contribution < -0.4 is 4.74 Å². The Morgan fingerprint density at radius 2 is 2.00 bits per heavy atom. The first-order chi connectivity index (χ1) is 9.15. The average molecular weight is 303 g/mol. The molecule has 0 bridgehead atoms. The van der Waals surface area contributed by atoms with Gasteiger partial charge in [0.2, 0.25) is 0 Å². The summed E-state index contributed by atoms with van der Waals surface area (Å²) >= 11 is 11.6. The van der Waals surface area contributed by atoms with Gasteiger partial charge in [0.1, 0.15) is 12.4 Å². The third kappa shape index (κ3) is 4.34. The van der Waals surface area contributed by atoms with E-state index in [4.69, 9.17) is 38.0 Å². The van der Waals surface area contributed by atoms with Crippen LogP contribution in [0.5, 0.6) is 5.75 Å². The molecule has 1 aromatic carbocycles. The normalized spacial score (nSPS) is 10.3. The molecule has 0 aliphatic rings. The third-order valence-electron chi connectivity index (χ3n) is 2.59. The van der Waals surface area contributed by atoms with E-state index in [1.807, 2.05) is 19.1 Å². The van der Waals surface area contributed by atoms with Crippen molar-refractivity contribution in [3.63, 3.8) is 0 Å². The highest BCUT2D eigenvalue weighted by atomic mass is 35.5. The fourth-order valence-electron chi connectivity index (χ4n) is 1.62. The van der Waals surface area contributed by atoms with E-state index < -0.39 is 0 Å². The molecule has 0 amide bonds. The maximum absolute atomic E-state index is 6.37. The van der Waals surface area contributed by atoms with E-state index in [9.17, 15) is 0 Å². The van der Waals surface area contributed by atoms with Crippen molar-refractivity contribution >= 4 is 28.9 Å². The van der Waals surface area contributed by atoms with Crippen LogP contribution in [0, 0.1) is 0 Å². The molecule has 0 spiro atoms. The van der Waals surface area contributed by atoms with Gasteiger partial charge < -0.3 is 14.2 Å². The number of halogens is 1. The van der Waals surface area contributed by atoms with E-state index in [2.05, 4.69) is 6.92 Å². The largest absolute Gasteiger partial charge is 0.489 e. The van der Waals surface area contributed by atoms with Gasteiger partial charge in [0, 0.05) is 7.11 Å². The number of thiocarbonyl (C=S) groups is 1. The molecule has 0 N–H and O–H groups in total. The number of ether oxygens (including phenoxy) is 3. The van der Waals surface area contributed by atoms with Crippen molar-refractivity contribution in [2.45, 2.75) is 20.3 Å². The van der Waals surface area contributed by atoms with Crippen LogP contribution in [0.3, 0.4) is 0 Å². The molecular formula is C14H19ClO3S. The number of aryl methyl sites for hydroxylation is 1. The van der Waals surface area contributed by atoms with Crippen molar-refractivity contribution < 1.29 is 14.2 Å². The number of rotatable bonds is 7. The first-order valence-corrected chi connectivity index (χ1v) is 7.04. The highest BCUT2D eigenvalue weighted by Gasteiger charge is 2.15. The van der Waals surface area contributed by atoms with Crippen LogP contribution >= 0.6 is 23.8 Å². The Labute approximate surface area is 124 Å². The molecule has 0 aliphatic carbocycles. The summed E-state index contributed by atoms with van der Waals surface area (Å²) in [4.78, 5) is 0. The van der Waals surface area contributed by atoms with Crippen molar-refractivity contribution in [1.29, 1.82) is 0 Å². The van der Waals surface area contributed by atoms with Crippen LogP contribution in [-0.4, -0.2) is 32.0 Å². The minimum atomic E-state index is 0.395. The summed E-state index contributed by atoms with van der Waals surface area (Å²) in [6.07, 6.45) is 0.837. The van der Waals surface area contributed by atoms with E-state index >= 15 is 0 Å². The van der Waals surface area contributed by atoms with Gasteiger partial charge in [0.15, 0.2) is 5.05 Å². The Morgan fingerprint density at radius 3 is 2.58 bits per heavy atom. The molecule has 0 aliphatic heterocycles. The Hall–Kier alpha value is -0.840. The second-order valence-electron chi connectivity index (χ2n) is 3.83. The van der Waals surface area contributed by atoms with Crippen molar-refractivity contribution in [1.82, 2.24) is 0 Å². The molecule has 0 fully saturated rings. The quantitative estimate of drug-likeness (QED) is 0.568. The van der Waals surface area contributed by atoms with Gasteiger partial charge >= 0.3 is 0 Å². The van der Waals surface area contributed by atoms with Gasteiger partial charge in [-0.3, -0.25) is 0 Å². The van der Waals surface area contributed by atoms with Crippen molar-refractivity contribution in [2.75, 3.05) is 26.9 Å². The monoisotopic (exact) mass is 302 g/mol. The highest BCUT2D eigenvalue weighted by molar-refractivity contribution is 7.80. The molecule has 0 saturated heterocycles. The Morgan fingerprint density at radius 1 is 1.26 bits per heavy atom. The Balaban J connectivity index is 3.03. The first kappa shape index (κ1) is 16.2. The van der Waals surface area contributed by atoms with Crippen LogP contribution in [0.1, 0.15) is 25.0 Å². The topological polar surface area (TPSA) is 27.7 Å². The van der Waals surface area contributed by atoms with E-state index in [0.29, 0.717) is 41.2 Å². The van der Waals surface area contributed by atoms with Crippen LogP contribution in [0.25, 0.3) is 0 Å². The first-order valence-electron chi connectivity index (χ1n) is 6.25. The van der Waals surface area contributed by atoms with Gasteiger partial charge in [-0.15, -0.1) is 0 Å². The lowest BCUT2D eigenvalue weighted by Crippen LogP contribution is -2.09. The molecular weight excluding hydrogens is 284 g/mol. The number of hydrogen-bond acceptors (Lipinski definition) is 4. The predicted octanol–water partition coefficient (Wildman–Crippen LogP) is 3.64. The molecule has 0 atom stereocenters. The SMILES string of the molecule is CCOC(=S)c1ccc(CC)c(OCCOC)c1Cl. The molecule has 0 aromatic heterocycles. The predicted molar refractivity (Wildman–Crippen MR) is 81.5 cm³/mol. The van der Waals surface area contributed by atoms with Crippen LogP contribution in [0.15, 0.2) is 12.1 Å². The Bertz CT molecular complexity index is 435. The second kappa shape index (κ2) is 8.35. The smallest absolute Gasteiger partial charge is 0.192 e. The molecule has 3 nitrogen and oxygen atoms in total. The molecule has 5 heteroatoms. The minimum Gasteiger partial charge on any atom is -0.489 e. The van der Waals surface area contributed by atoms with Crippen molar-refractivity contribution in [3.05, 3.63) is 28.3 Å². The summed E-state index contributed by atoms with van der Waals surface area (Å²) in [5, 5.41) is 0.903. The highest BCUT2D eigenvalue weighted by Crippen LogP contribution is 2.33. The molecule has 19 heavy (non-hydrogen) atoms. The summed E-state index contributed by atoms with van der Waals surface area (Å²) < 4.78 is 16.0. The van der Waals surface area contributed by atoms with Crippen molar-refractivity contribution in [2.24, 2.45) is 0 Å². The summed E-state index contributed by atoms with van der Waals surface area (Å²) in [5.74, 6) is 0.667. The lowest BCUT2D eigenvalue weighted by atomic mass is 10.1. The molecule has 0 radical (unpaired) electrons. The fourth-order valence-corrected chi connectivity index (χ4v) is 2.29. The number of methoxy groups -OCH3 is 1. The van der Waals surface area contributed by atoms with E-state index in [1.165, 1.54) is 0 Å². The zero-order valence-corrected chi connectivity index (χ0v) is 13.1. The fraction of sp³-hybridized carbons (Fsp3) is 0.500. The second-order valence-corrected chi connectivity index (χ2v) is 4.58. The standard InChI is InChI=1S/C14H19ClO3S/c1-4-10-6-7-11(14(19)17-5-2)12(15)13(10)18-9-8-16-3/h6-7H,4-5,8-9H2,1-3H3. The number of hydrogen-bond donors (Lipinski definition) is 0. The molecule has 0 unspecified atom stereocenters. The molecule has 106 valence electrons. The lowest BCUT2D eigenvalue weighted by Gasteiger charge is -2.15. The number of benzene rings is 1. The molecule has 0 saturated carbocycles. The summed E-state index contributed by atoms with van der Waals surface area (Å²) in [5.41, 5.74) is 1.74. The van der Waals surface area contributed by atoms with Gasteiger partial charge in [0.05, 0.1) is 23.8 Å². The summed E-state index contributed by atoms with van der Waals surface area (Å²) in [6.45, 7) is 5.42. The van der Waals surface area contributed by atoms with Gasteiger partial charge in [-0.2, -0.15) is 0 Å². The lowest BCUT2D eigenvalue weighted by molar-refractivity contribution is 0.146. The van der Waals surface area contributed by atoms with E-state index in [1.54, 1.807) is 7.11 Å². The van der Waals surface area contributed by atoms with Gasteiger partial charge in [-0.1, -0.05) is 24.6 Å². The van der Waals surface area contributed by atoms with Crippen LogP contribution in [0.2, 0.25) is 5.02 Å². The maximum atomic E-state index is 6.37. The van der Waals surface area contributed by atoms with Gasteiger partial charge in [0.25, 0.3) is 0 Å². The maximum Gasteiger partial charge on any atom is 0.192 e. The van der Waals surface area contributed by atoms with Crippen LogP contribution in [0.4, 0.5) is 0 Å². The van der Waals surface area contributed by atoms with E-state index in [-0.39, 0.29) is 0 Å². The minimum absolute atomic E-state index is 0.395. The zero-order chi connectivity index (χ0) is 14.3. The molecule has 0 heterocycles. The molecule has 1 aromatic rings. The average Bonchev–Trinajstić information content (AvgIpc) is 2.40. The van der Waals surface area contributed by atoms with Crippen LogP contribution in [-0.2, 0) is 15.9 Å². The van der Waals surface area contributed by atoms with E-state index in [0.717, 1.165) is 12.0 Å². The zero-order valence-electron chi connectivity index (χ0n) is 11.5. The summed E-state index contributed by atoms with van der Waals surface area (Å²) in [7, 11) is 1.63.